The van der Waals surface area contributed by atoms with Crippen LogP contribution in [0.1, 0.15) is 27.8 Å². The van der Waals surface area contributed by atoms with Crippen LogP contribution in [0.3, 0.4) is 0 Å². The van der Waals surface area contributed by atoms with E-state index in [4.69, 9.17) is 10.2 Å². The Labute approximate surface area is 112 Å². The molecule has 96 valence electrons. The molecular weight excluding hydrogens is 244 g/mol. The van der Waals surface area contributed by atoms with E-state index in [2.05, 4.69) is 36.2 Å². The quantitative estimate of drug-likeness (QED) is 0.858. The second kappa shape index (κ2) is 5.59. The summed E-state index contributed by atoms with van der Waals surface area (Å²) in [6.07, 6.45) is 0. The highest BCUT2D eigenvalue weighted by molar-refractivity contribution is 7.99. The van der Waals surface area contributed by atoms with Crippen molar-refractivity contribution >= 4 is 11.8 Å². The van der Waals surface area contributed by atoms with Gasteiger partial charge in [0.25, 0.3) is 5.22 Å². The highest BCUT2D eigenvalue weighted by atomic mass is 32.2. The fraction of sp³-hybridized carbons (Fsp3) is 0.357. The summed E-state index contributed by atoms with van der Waals surface area (Å²) in [5.74, 6) is 0.872. The Morgan fingerprint density at radius 1 is 1.22 bits per heavy atom. The first-order valence-corrected chi connectivity index (χ1v) is 6.85. The summed E-state index contributed by atoms with van der Waals surface area (Å²) in [6, 6.07) is 8.43. The highest BCUT2D eigenvalue weighted by Gasteiger charge is 2.15. The van der Waals surface area contributed by atoms with Crippen LogP contribution >= 0.6 is 11.8 Å². The number of oxazole rings is 1. The maximum Gasteiger partial charge on any atom is 0.256 e. The van der Waals surface area contributed by atoms with Crippen molar-refractivity contribution < 1.29 is 4.42 Å². The first-order chi connectivity index (χ1) is 8.60. The third-order valence-electron chi connectivity index (χ3n) is 2.92. The van der Waals surface area contributed by atoms with Crippen molar-refractivity contribution in [1.82, 2.24) is 4.98 Å². The Kier molecular flexibility index (Phi) is 4.09. The van der Waals surface area contributed by atoms with E-state index in [1.54, 1.807) is 11.8 Å². The lowest BCUT2D eigenvalue weighted by atomic mass is 10.1. The van der Waals surface area contributed by atoms with Gasteiger partial charge in [0.2, 0.25) is 0 Å². The van der Waals surface area contributed by atoms with Gasteiger partial charge >= 0.3 is 0 Å². The number of aromatic nitrogens is 1. The number of rotatable bonds is 4. The van der Waals surface area contributed by atoms with Gasteiger partial charge in [-0.1, -0.05) is 41.6 Å². The van der Waals surface area contributed by atoms with Gasteiger partial charge in [-0.3, -0.25) is 0 Å². The number of hydrogen-bond acceptors (Lipinski definition) is 4. The molecule has 0 saturated carbocycles. The van der Waals surface area contributed by atoms with Gasteiger partial charge in [0.1, 0.15) is 5.76 Å². The van der Waals surface area contributed by atoms with Gasteiger partial charge in [0, 0.05) is 6.54 Å². The summed E-state index contributed by atoms with van der Waals surface area (Å²) in [4.78, 5) is 4.38. The zero-order valence-electron chi connectivity index (χ0n) is 10.9. The molecular formula is C14H18N2OS. The minimum Gasteiger partial charge on any atom is -0.437 e. The van der Waals surface area contributed by atoms with E-state index in [1.807, 2.05) is 13.8 Å². The molecule has 1 aromatic heterocycles. The molecule has 0 radical (unpaired) electrons. The van der Waals surface area contributed by atoms with Crippen LogP contribution in [0.15, 0.2) is 33.9 Å². The predicted molar refractivity (Wildman–Crippen MR) is 74.8 cm³/mol. The number of thioether (sulfide) groups is 1. The molecule has 0 spiro atoms. The van der Waals surface area contributed by atoms with E-state index >= 15 is 0 Å². The molecule has 0 fully saturated rings. The predicted octanol–water partition coefficient (Wildman–Crippen LogP) is 3.39. The first-order valence-electron chi connectivity index (χ1n) is 5.97. The van der Waals surface area contributed by atoms with Gasteiger partial charge in [-0.2, -0.15) is 0 Å². The number of aryl methyl sites for hydroxylation is 3. The second-order valence-corrected chi connectivity index (χ2v) is 5.53. The molecule has 0 aliphatic heterocycles. The normalized spacial score (nSPS) is 12.7. The Morgan fingerprint density at radius 3 is 2.39 bits per heavy atom. The lowest BCUT2D eigenvalue weighted by Crippen LogP contribution is -2.09. The standard InChI is InChI=1S/C14H18N2OS/c1-9-4-6-12(7-5-9)13(8-15)18-14-16-10(2)11(3)17-14/h4-7,13H,8,15H2,1-3H3. The molecule has 2 N–H and O–H groups in total. The maximum absolute atomic E-state index is 5.85. The average molecular weight is 262 g/mol. The summed E-state index contributed by atoms with van der Waals surface area (Å²) >= 11 is 1.58. The van der Waals surface area contributed by atoms with Crippen LogP contribution in [0.2, 0.25) is 0 Å². The lowest BCUT2D eigenvalue weighted by Gasteiger charge is -2.12. The van der Waals surface area contributed by atoms with E-state index in [-0.39, 0.29) is 5.25 Å². The number of benzene rings is 1. The molecule has 3 nitrogen and oxygen atoms in total. The average Bonchev–Trinajstić information content (AvgIpc) is 2.67. The number of nitrogens with two attached hydrogens (primary N) is 1. The van der Waals surface area contributed by atoms with Crippen LogP contribution < -0.4 is 5.73 Å². The number of nitrogens with zero attached hydrogens (tertiary/aromatic N) is 1. The molecule has 1 unspecified atom stereocenters. The summed E-state index contributed by atoms with van der Waals surface area (Å²) in [7, 11) is 0. The Morgan fingerprint density at radius 2 is 1.89 bits per heavy atom. The topological polar surface area (TPSA) is 52.0 Å². The minimum absolute atomic E-state index is 0.183. The van der Waals surface area contributed by atoms with Crippen LogP contribution in [-0.4, -0.2) is 11.5 Å². The molecule has 1 heterocycles. The van der Waals surface area contributed by atoms with Gasteiger partial charge in [-0.25, -0.2) is 4.98 Å². The molecule has 18 heavy (non-hydrogen) atoms. The van der Waals surface area contributed by atoms with E-state index in [0.29, 0.717) is 11.8 Å². The van der Waals surface area contributed by atoms with Gasteiger partial charge in [-0.05, 0) is 26.3 Å². The van der Waals surface area contributed by atoms with E-state index in [1.165, 1.54) is 11.1 Å². The van der Waals surface area contributed by atoms with Crippen LogP contribution in [0, 0.1) is 20.8 Å². The van der Waals surface area contributed by atoms with Crippen LogP contribution in [0.25, 0.3) is 0 Å². The van der Waals surface area contributed by atoms with Crippen LogP contribution in [0.5, 0.6) is 0 Å². The zero-order valence-corrected chi connectivity index (χ0v) is 11.8. The van der Waals surface area contributed by atoms with Crippen LogP contribution in [0.4, 0.5) is 0 Å². The Balaban J connectivity index is 2.16. The van der Waals surface area contributed by atoms with Crippen molar-refractivity contribution in [2.45, 2.75) is 31.2 Å². The summed E-state index contributed by atoms with van der Waals surface area (Å²) < 4.78 is 5.59. The molecule has 2 aromatic rings. The lowest BCUT2D eigenvalue weighted by molar-refractivity contribution is 0.430. The number of hydrogen-bond donors (Lipinski definition) is 1. The van der Waals surface area contributed by atoms with Crippen molar-refractivity contribution in [3.8, 4) is 0 Å². The van der Waals surface area contributed by atoms with Gasteiger partial charge in [0.15, 0.2) is 0 Å². The third kappa shape index (κ3) is 2.94. The fourth-order valence-electron chi connectivity index (χ4n) is 1.65. The molecule has 0 aliphatic carbocycles. The molecule has 0 bridgehead atoms. The van der Waals surface area contributed by atoms with E-state index in [9.17, 15) is 0 Å². The second-order valence-electron chi connectivity index (χ2n) is 4.37. The minimum atomic E-state index is 0.183. The van der Waals surface area contributed by atoms with Gasteiger partial charge in [0.05, 0.1) is 10.9 Å². The molecule has 1 atom stereocenters. The first kappa shape index (κ1) is 13.2. The SMILES string of the molecule is Cc1ccc(C(CN)Sc2nc(C)c(C)o2)cc1. The largest absolute Gasteiger partial charge is 0.437 e. The van der Waals surface area contributed by atoms with Gasteiger partial charge in [-0.15, -0.1) is 0 Å². The van der Waals surface area contributed by atoms with Gasteiger partial charge < -0.3 is 10.2 Å². The van der Waals surface area contributed by atoms with E-state index < -0.39 is 0 Å². The molecule has 2 rings (SSSR count). The van der Waals surface area contributed by atoms with Crippen molar-refractivity contribution in [1.29, 1.82) is 0 Å². The zero-order chi connectivity index (χ0) is 13.1. The summed E-state index contributed by atoms with van der Waals surface area (Å²) in [6.45, 7) is 6.52. The monoisotopic (exact) mass is 262 g/mol. The molecule has 0 aliphatic rings. The molecule has 4 heteroatoms. The Hall–Kier alpha value is -1.26. The van der Waals surface area contributed by atoms with Crippen LogP contribution in [-0.2, 0) is 0 Å². The van der Waals surface area contributed by atoms with Crippen molar-refractivity contribution in [3.63, 3.8) is 0 Å². The maximum atomic E-state index is 5.85. The van der Waals surface area contributed by atoms with E-state index in [0.717, 1.165) is 11.5 Å². The fourth-order valence-corrected chi connectivity index (χ4v) is 2.64. The smallest absolute Gasteiger partial charge is 0.256 e. The van der Waals surface area contributed by atoms with Crippen molar-refractivity contribution in [2.75, 3.05) is 6.54 Å². The highest BCUT2D eigenvalue weighted by Crippen LogP contribution is 2.34. The third-order valence-corrected chi connectivity index (χ3v) is 4.04. The Bertz CT molecular complexity index is 500. The van der Waals surface area contributed by atoms with Crippen molar-refractivity contribution in [2.24, 2.45) is 5.73 Å². The molecule has 1 aromatic carbocycles. The molecule has 0 saturated heterocycles. The van der Waals surface area contributed by atoms with Crippen molar-refractivity contribution in [3.05, 3.63) is 46.8 Å². The molecule has 0 amide bonds. The summed E-state index contributed by atoms with van der Waals surface area (Å²) in [5.41, 5.74) is 9.25. The summed E-state index contributed by atoms with van der Waals surface area (Å²) in [5, 5.41) is 0.879.